The fourth-order valence-corrected chi connectivity index (χ4v) is 0. The number of hydrogen-bond acceptors (Lipinski definition) is 0. The van der Waals surface area contributed by atoms with Gasteiger partial charge in [0.15, 0.2) is 0 Å². The van der Waals surface area contributed by atoms with Gasteiger partial charge in [-0.1, -0.05) is 0 Å². The maximum Gasteiger partial charge on any atom is 0.227 e. The van der Waals surface area contributed by atoms with Gasteiger partial charge in [0.1, 0.15) is 0 Å². The van der Waals surface area contributed by atoms with Crippen molar-refractivity contribution in [3.63, 3.8) is 0 Å². The van der Waals surface area contributed by atoms with Gasteiger partial charge in [-0.3, -0.25) is 0 Å². The molecule has 0 saturated heterocycles. The van der Waals surface area contributed by atoms with Crippen LogP contribution in [-0.2, 0) is 5.11 Å². The predicted molar refractivity (Wildman–Crippen MR) is 36.6 cm³/mol. The van der Waals surface area contributed by atoms with Gasteiger partial charge in [0.25, 0.3) is 0 Å². The van der Waals surface area contributed by atoms with Crippen molar-refractivity contribution in [3.8, 4) is 0 Å². The summed E-state index contributed by atoms with van der Waals surface area (Å²) in [6.45, 7) is 1.61. The zero-order chi connectivity index (χ0) is 6.08. The molecule has 0 saturated carbocycles. The number of halogens is 3. The Morgan fingerprint density at radius 3 is 1.86 bits per heavy atom. The van der Waals surface area contributed by atoms with Crippen molar-refractivity contribution >= 4 is 43.5 Å². The van der Waals surface area contributed by atoms with Crippen molar-refractivity contribution in [2.24, 2.45) is 0 Å². The van der Waals surface area contributed by atoms with Crippen LogP contribution < -0.4 is 0 Å². The lowest BCUT2D eigenvalue weighted by Gasteiger charge is -2.10. The van der Waals surface area contributed by atoms with Crippen molar-refractivity contribution in [2.75, 3.05) is 0 Å². The van der Waals surface area contributed by atoms with E-state index in [0.29, 0.717) is 0 Å². The van der Waals surface area contributed by atoms with E-state index in [-0.39, 0.29) is 0 Å². The maximum absolute atomic E-state index is 10.5. The molecule has 0 N–H and O–H groups in total. The van der Waals surface area contributed by atoms with Crippen LogP contribution in [0.5, 0.6) is 0 Å². The highest BCUT2D eigenvalue weighted by Gasteiger charge is 2.26. The molecule has 0 aliphatic carbocycles. The molecule has 1 radical (unpaired) electrons. The van der Waals surface area contributed by atoms with Gasteiger partial charge in [-0.15, -0.1) is 11.6 Å². The topological polar surface area (TPSA) is 19.9 Å². The van der Waals surface area contributed by atoms with Gasteiger partial charge in [-0.25, -0.2) is 5.11 Å². The lowest BCUT2D eigenvalue weighted by molar-refractivity contribution is 0.147. The summed E-state index contributed by atoms with van der Waals surface area (Å²) in [5.74, 6) is 0. The third-order valence-electron chi connectivity index (χ3n) is 0.463. The van der Waals surface area contributed by atoms with E-state index < -0.39 is 8.80 Å². The second kappa shape index (κ2) is 2.67. The average Bonchev–Trinajstić information content (AvgIpc) is 1.31. The normalized spacial score (nSPS) is 16.7. The third kappa shape index (κ3) is 3.76. The van der Waals surface area contributed by atoms with Crippen LogP contribution in [0.3, 0.4) is 0 Å². The Morgan fingerprint density at radius 2 is 1.86 bits per heavy atom. The van der Waals surface area contributed by atoms with Gasteiger partial charge in [0, 0.05) is 0 Å². The lowest BCUT2D eigenvalue weighted by Crippen LogP contribution is -2.18. The van der Waals surface area contributed by atoms with E-state index in [4.69, 9.17) is 11.6 Å². The predicted octanol–water partition coefficient (Wildman–Crippen LogP) is 2.49. The fourth-order valence-electron chi connectivity index (χ4n) is 0. The summed E-state index contributed by atoms with van der Waals surface area (Å²) < 4.78 is -1.36. The molecule has 0 heterocycles. The van der Waals surface area contributed by atoms with Crippen molar-refractivity contribution in [3.05, 3.63) is 0 Å². The van der Waals surface area contributed by atoms with Crippen LogP contribution in [0.1, 0.15) is 6.92 Å². The molecule has 1 atom stereocenters. The molecule has 0 aliphatic rings. The SMILES string of the molecule is CC(Cl)C([O])(Br)Br. The van der Waals surface area contributed by atoms with Crippen molar-refractivity contribution < 1.29 is 5.11 Å². The van der Waals surface area contributed by atoms with E-state index in [1.165, 1.54) is 0 Å². The highest BCUT2D eigenvalue weighted by Crippen LogP contribution is 2.30. The largest absolute Gasteiger partial charge is 0.227 e. The molecule has 0 aromatic carbocycles. The van der Waals surface area contributed by atoms with Crippen molar-refractivity contribution in [1.82, 2.24) is 0 Å². The number of hydrogen-bond donors (Lipinski definition) is 0. The van der Waals surface area contributed by atoms with Crippen LogP contribution in [-0.4, -0.2) is 8.80 Å². The molecule has 43 valence electrons. The molecule has 7 heavy (non-hydrogen) atoms. The smallest absolute Gasteiger partial charge is 0.203 e. The Kier molecular flexibility index (Phi) is 3.13. The Hall–Kier alpha value is 1.21. The van der Waals surface area contributed by atoms with E-state index in [1.807, 2.05) is 0 Å². The van der Waals surface area contributed by atoms with Crippen LogP contribution in [0.15, 0.2) is 0 Å². The first-order valence-electron chi connectivity index (χ1n) is 1.67. The Morgan fingerprint density at radius 1 is 1.71 bits per heavy atom. The number of rotatable bonds is 1. The Labute approximate surface area is 64.3 Å². The molecule has 0 rings (SSSR count). The van der Waals surface area contributed by atoms with Gasteiger partial charge in [0.05, 0.1) is 5.38 Å². The average molecular weight is 251 g/mol. The molecule has 0 spiro atoms. The number of alkyl halides is 3. The lowest BCUT2D eigenvalue weighted by atomic mass is 10.5. The molecule has 1 nitrogen and oxygen atoms in total. The summed E-state index contributed by atoms with van der Waals surface area (Å²) in [4.78, 5) is 0. The molecule has 0 amide bonds. The quantitative estimate of drug-likeness (QED) is 0.638. The Bertz CT molecular complexity index is 58.4. The van der Waals surface area contributed by atoms with E-state index in [0.717, 1.165) is 0 Å². The Balaban J connectivity index is 3.54. The highest BCUT2D eigenvalue weighted by atomic mass is 79.9. The summed E-state index contributed by atoms with van der Waals surface area (Å²) in [5, 5.41) is 10.1. The van der Waals surface area contributed by atoms with Gasteiger partial charge < -0.3 is 0 Å². The zero-order valence-electron chi connectivity index (χ0n) is 3.62. The van der Waals surface area contributed by atoms with Gasteiger partial charge in [0.2, 0.25) is 3.42 Å². The summed E-state index contributed by atoms with van der Waals surface area (Å²) in [7, 11) is 0. The second-order valence-corrected chi connectivity index (χ2v) is 5.25. The van der Waals surface area contributed by atoms with Crippen LogP contribution in [0.4, 0.5) is 0 Å². The van der Waals surface area contributed by atoms with Crippen molar-refractivity contribution in [1.29, 1.82) is 0 Å². The summed E-state index contributed by atoms with van der Waals surface area (Å²) >= 11 is 10.9. The monoisotopic (exact) mass is 249 g/mol. The summed E-state index contributed by atoms with van der Waals surface area (Å²) in [5.41, 5.74) is 0. The van der Waals surface area contributed by atoms with Crippen LogP contribution in [0.25, 0.3) is 0 Å². The summed E-state index contributed by atoms with van der Waals surface area (Å²) in [6.07, 6.45) is 0. The molecule has 1 unspecified atom stereocenters. The van der Waals surface area contributed by atoms with Crippen LogP contribution in [0.2, 0.25) is 0 Å². The zero-order valence-corrected chi connectivity index (χ0v) is 7.55. The van der Waals surface area contributed by atoms with E-state index >= 15 is 0 Å². The molecule has 0 fully saturated rings. The van der Waals surface area contributed by atoms with E-state index in [2.05, 4.69) is 31.9 Å². The molecule has 0 bridgehead atoms. The van der Waals surface area contributed by atoms with Gasteiger partial charge in [-0.2, -0.15) is 0 Å². The first-order chi connectivity index (χ1) is 2.94. The molecule has 4 heteroatoms. The minimum absolute atomic E-state index is 0.451. The van der Waals surface area contributed by atoms with Gasteiger partial charge in [-0.05, 0) is 38.8 Å². The minimum atomic E-state index is -1.36. The van der Waals surface area contributed by atoms with Gasteiger partial charge >= 0.3 is 0 Å². The molecule has 0 aliphatic heterocycles. The van der Waals surface area contributed by atoms with E-state index in [1.54, 1.807) is 6.92 Å². The maximum atomic E-state index is 10.5. The first-order valence-corrected chi connectivity index (χ1v) is 3.69. The van der Waals surface area contributed by atoms with Crippen LogP contribution >= 0.6 is 43.5 Å². The standard InChI is InChI=1S/C3H4Br2ClO/c1-2(6)3(4,5)7/h2H,1H3. The van der Waals surface area contributed by atoms with E-state index in [9.17, 15) is 5.11 Å². The molecule has 0 aromatic rings. The highest BCUT2D eigenvalue weighted by molar-refractivity contribution is 9.25. The molecular formula is C3H4Br2ClO. The van der Waals surface area contributed by atoms with Crippen molar-refractivity contribution in [2.45, 2.75) is 15.7 Å². The molecule has 0 aromatic heterocycles. The fraction of sp³-hybridized carbons (Fsp3) is 1.00. The summed E-state index contributed by atoms with van der Waals surface area (Å²) in [6, 6.07) is 0. The molecular weight excluding hydrogens is 247 g/mol. The van der Waals surface area contributed by atoms with Crippen LogP contribution in [0, 0.1) is 0 Å². The third-order valence-corrected chi connectivity index (χ3v) is 2.67. The first kappa shape index (κ1) is 8.21. The minimum Gasteiger partial charge on any atom is -0.203 e. The second-order valence-electron chi connectivity index (χ2n) is 1.18.